The summed E-state index contributed by atoms with van der Waals surface area (Å²) in [6, 6.07) is 6.13. The predicted molar refractivity (Wildman–Crippen MR) is 91.0 cm³/mol. The van der Waals surface area contributed by atoms with Crippen LogP contribution in [-0.4, -0.2) is 5.91 Å². The summed E-state index contributed by atoms with van der Waals surface area (Å²) in [5.41, 5.74) is 12.5. The number of rotatable bonds is 3. The molecule has 4 heteroatoms. The number of hydrogen-bond donors (Lipinski definition) is 2. The number of nitrogens with one attached hydrogen (secondary N) is 2. The van der Waals surface area contributed by atoms with Crippen LogP contribution in [0.25, 0.3) is 5.70 Å². The fourth-order valence-electron chi connectivity index (χ4n) is 3.21. The predicted octanol–water partition coefficient (Wildman–Crippen LogP) is 3.73. The Hall–Kier alpha value is -2.49. The fraction of sp³-hybridized carbons (Fsp3) is 0.316. The third kappa shape index (κ3) is 3.02. The quantitative estimate of drug-likeness (QED) is 0.849. The Morgan fingerprint density at radius 1 is 1.13 bits per heavy atom. The lowest BCUT2D eigenvalue weighted by Crippen LogP contribution is -2.37. The monoisotopic (exact) mass is 310 g/mol. The third-order valence-electron chi connectivity index (χ3n) is 4.25. The van der Waals surface area contributed by atoms with Gasteiger partial charge >= 0.3 is 0 Å². The molecule has 0 fully saturated rings. The maximum Gasteiger partial charge on any atom is 0.273 e. The number of fused-ring (bicyclic) bond motifs is 1. The summed E-state index contributed by atoms with van der Waals surface area (Å²) < 4.78 is 5.41. The van der Waals surface area contributed by atoms with Crippen LogP contribution < -0.4 is 10.9 Å². The second-order valence-corrected chi connectivity index (χ2v) is 6.17. The van der Waals surface area contributed by atoms with Crippen molar-refractivity contribution < 1.29 is 9.21 Å². The number of hydrogen-bond acceptors (Lipinski definition) is 3. The zero-order valence-electron chi connectivity index (χ0n) is 14.0. The normalized spacial score (nSPS) is 13.3. The molecule has 0 saturated carbocycles. The highest BCUT2D eigenvalue weighted by molar-refractivity contribution is 5.95. The fourth-order valence-corrected chi connectivity index (χ4v) is 3.21. The lowest BCUT2D eigenvalue weighted by molar-refractivity contribution is 0.0941. The molecule has 0 atom stereocenters. The van der Waals surface area contributed by atoms with E-state index < -0.39 is 0 Å². The van der Waals surface area contributed by atoms with Crippen molar-refractivity contribution >= 4 is 11.6 Å². The Balaban J connectivity index is 1.79. The summed E-state index contributed by atoms with van der Waals surface area (Å²) in [5.74, 6) is 1.18. The van der Waals surface area contributed by atoms with E-state index in [1.54, 1.807) is 13.0 Å². The Morgan fingerprint density at radius 3 is 2.61 bits per heavy atom. The van der Waals surface area contributed by atoms with Crippen molar-refractivity contribution in [1.29, 1.82) is 0 Å². The van der Waals surface area contributed by atoms with Crippen molar-refractivity contribution in [2.75, 3.05) is 0 Å². The van der Waals surface area contributed by atoms with Gasteiger partial charge in [0.2, 0.25) is 0 Å². The van der Waals surface area contributed by atoms with E-state index in [-0.39, 0.29) is 5.91 Å². The van der Waals surface area contributed by atoms with Crippen LogP contribution in [0, 0.1) is 27.7 Å². The van der Waals surface area contributed by atoms with Gasteiger partial charge in [-0.1, -0.05) is 17.7 Å². The summed E-state index contributed by atoms with van der Waals surface area (Å²) in [7, 11) is 0. The van der Waals surface area contributed by atoms with Crippen LogP contribution in [0.5, 0.6) is 0 Å². The molecule has 0 radical (unpaired) electrons. The van der Waals surface area contributed by atoms with Crippen molar-refractivity contribution in [1.82, 2.24) is 10.9 Å². The largest absolute Gasteiger partial charge is 0.466 e. The minimum atomic E-state index is -0.184. The molecule has 2 aromatic rings. The zero-order chi connectivity index (χ0) is 16.6. The summed E-state index contributed by atoms with van der Waals surface area (Å²) in [5, 5.41) is 0. The minimum absolute atomic E-state index is 0.184. The Labute approximate surface area is 136 Å². The van der Waals surface area contributed by atoms with Crippen LogP contribution in [0.1, 0.15) is 50.6 Å². The Bertz CT molecular complexity index is 800. The summed E-state index contributed by atoms with van der Waals surface area (Å²) >= 11 is 0. The first-order valence-corrected chi connectivity index (χ1v) is 7.89. The lowest BCUT2D eigenvalue weighted by atomic mass is 9.89. The van der Waals surface area contributed by atoms with Crippen molar-refractivity contribution in [2.24, 2.45) is 0 Å². The highest BCUT2D eigenvalue weighted by Crippen LogP contribution is 2.28. The molecule has 1 aliphatic rings. The van der Waals surface area contributed by atoms with E-state index in [1.165, 1.54) is 22.3 Å². The zero-order valence-corrected chi connectivity index (χ0v) is 14.0. The molecule has 1 aromatic heterocycles. The Kier molecular flexibility index (Phi) is 3.99. The van der Waals surface area contributed by atoms with E-state index in [1.807, 2.05) is 6.92 Å². The summed E-state index contributed by atoms with van der Waals surface area (Å²) in [6.45, 7) is 7.87. The molecule has 0 bridgehead atoms. The molecule has 4 nitrogen and oxygen atoms in total. The first-order chi connectivity index (χ1) is 11.0. The molecule has 2 N–H and O–H groups in total. The summed E-state index contributed by atoms with van der Waals surface area (Å²) in [4.78, 5) is 12.3. The molecule has 120 valence electrons. The highest BCUT2D eigenvalue weighted by Gasteiger charge is 2.17. The number of furan rings is 1. The van der Waals surface area contributed by atoms with Gasteiger partial charge in [-0.2, -0.15) is 0 Å². The molecule has 1 amide bonds. The molecule has 23 heavy (non-hydrogen) atoms. The van der Waals surface area contributed by atoms with Crippen LogP contribution in [0.4, 0.5) is 0 Å². The maximum atomic E-state index is 12.3. The second kappa shape index (κ2) is 5.95. The van der Waals surface area contributed by atoms with Gasteiger partial charge < -0.3 is 4.42 Å². The minimum Gasteiger partial charge on any atom is -0.466 e. The number of hydrazine groups is 1. The molecule has 0 saturated heterocycles. The first-order valence-electron chi connectivity index (χ1n) is 7.89. The van der Waals surface area contributed by atoms with Crippen LogP contribution in [-0.2, 0) is 6.42 Å². The smallest absolute Gasteiger partial charge is 0.273 e. The number of amides is 1. The standard InChI is InChI=1S/C19H22N2O2/c1-11-8-12(2)15-6-5-7-18(17(15)9-11)20-21-19(22)16-10-13(3)23-14(16)4/h7-10,20H,5-6H2,1-4H3,(H,21,22). The van der Waals surface area contributed by atoms with E-state index in [0.29, 0.717) is 11.3 Å². The van der Waals surface area contributed by atoms with Crippen molar-refractivity contribution in [2.45, 2.75) is 40.5 Å². The van der Waals surface area contributed by atoms with Gasteiger partial charge in [0.1, 0.15) is 11.5 Å². The van der Waals surface area contributed by atoms with Gasteiger partial charge in [-0.25, -0.2) is 0 Å². The van der Waals surface area contributed by atoms with Gasteiger partial charge in [-0.3, -0.25) is 15.6 Å². The molecular weight excluding hydrogens is 288 g/mol. The second-order valence-electron chi connectivity index (χ2n) is 6.17. The topological polar surface area (TPSA) is 54.3 Å². The maximum absolute atomic E-state index is 12.3. The Morgan fingerprint density at radius 2 is 1.91 bits per heavy atom. The molecule has 3 rings (SSSR count). The van der Waals surface area contributed by atoms with Gasteiger partial charge in [0.05, 0.1) is 11.3 Å². The third-order valence-corrected chi connectivity index (χ3v) is 4.25. The summed E-state index contributed by atoms with van der Waals surface area (Å²) in [6.07, 6.45) is 4.15. The molecule has 1 aliphatic carbocycles. The van der Waals surface area contributed by atoms with Crippen molar-refractivity contribution in [3.05, 3.63) is 63.6 Å². The average Bonchev–Trinajstić information content (AvgIpc) is 2.83. The highest BCUT2D eigenvalue weighted by atomic mass is 16.3. The van der Waals surface area contributed by atoms with Gasteiger partial charge in [0, 0.05) is 5.56 Å². The molecule has 0 aliphatic heterocycles. The van der Waals surface area contributed by atoms with Gasteiger partial charge in [0.25, 0.3) is 5.91 Å². The number of benzene rings is 1. The SMILES string of the molecule is Cc1cc(C)c2c(c1)C(NNC(=O)c1cc(C)oc1C)=CCC2. The van der Waals surface area contributed by atoms with Crippen LogP contribution in [0.2, 0.25) is 0 Å². The van der Waals surface area contributed by atoms with Crippen LogP contribution >= 0.6 is 0 Å². The van der Waals surface area contributed by atoms with Crippen LogP contribution in [0.15, 0.2) is 28.7 Å². The lowest BCUT2D eigenvalue weighted by Gasteiger charge is -2.22. The van der Waals surface area contributed by atoms with Crippen molar-refractivity contribution in [3.8, 4) is 0 Å². The van der Waals surface area contributed by atoms with E-state index in [0.717, 1.165) is 24.3 Å². The van der Waals surface area contributed by atoms with Crippen molar-refractivity contribution in [3.63, 3.8) is 0 Å². The first kappa shape index (κ1) is 15.4. The molecular formula is C19H22N2O2. The van der Waals surface area contributed by atoms with Gasteiger partial charge in [0.15, 0.2) is 0 Å². The van der Waals surface area contributed by atoms with E-state index in [2.05, 4.69) is 42.9 Å². The molecule has 1 aromatic carbocycles. The number of allylic oxidation sites excluding steroid dienone is 1. The average molecular weight is 310 g/mol. The van der Waals surface area contributed by atoms with Crippen LogP contribution in [0.3, 0.4) is 0 Å². The number of carbonyl (C=O) groups is 1. The van der Waals surface area contributed by atoms with Gasteiger partial charge in [-0.15, -0.1) is 0 Å². The van der Waals surface area contributed by atoms with Gasteiger partial charge in [-0.05, 0) is 63.8 Å². The van der Waals surface area contributed by atoms with E-state index in [4.69, 9.17) is 4.42 Å². The molecule has 1 heterocycles. The number of aryl methyl sites for hydroxylation is 4. The molecule has 0 spiro atoms. The van der Waals surface area contributed by atoms with E-state index in [9.17, 15) is 4.79 Å². The number of carbonyl (C=O) groups excluding carboxylic acids is 1. The molecule has 0 unspecified atom stereocenters. The van der Waals surface area contributed by atoms with E-state index >= 15 is 0 Å².